The Kier molecular flexibility index (Phi) is 8.31. The van der Waals surface area contributed by atoms with E-state index in [2.05, 4.69) is 24.1 Å². The highest BCUT2D eigenvalue weighted by atomic mass is 32.2. The molecule has 0 saturated carbocycles. The molecule has 2 atom stereocenters. The van der Waals surface area contributed by atoms with Crippen LogP contribution >= 0.6 is 0 Å². The molecule has 2 aliphatic rings. The van der Waals surface area contributed by atoms with Crippen molar-refractivity contribution in [1.29, 1.82) is 0 Å². The Labute approximate surface area is 182 Å². The molecule has 1 aromatic carbocycles. The van der Waals surface area contributed by atoms with E-state index in [9.17, 15) is 13.2 Å². The Bertz CT molecular complexity index is 766. The Hall–Kier alpha value is -1.44. The van der Waals surface area contributed by atoms with Crippen LogP contribution in [-0.4, -0.2) is 62.8 Å². The van der Waals surface area contributed by atoms with Crippen molar-refractivity contribution in [3.63, 3.8) is 0 Å². The van der Waals surface area contributed by atoms with Crippen LogP contribution in [0.15, 0.2) is 30.3 Å². The fourth-order valence-corrected chi connectivity index (χ4v) is 6.47. The minimum Gasteiger partial charge on any atom is -0.356 e. The van der Waals surface area contributed by atoms with Crippen LogP contribution in [0.25, 0.3) is 0 Å². The third-order valence-corrected chi connectivity index (χ3v) is 8.15. The second-order valence-corrected chi connectivity index (χ2v) is 11.2. The molecule has 6 nitrogen and oxygen atoms in total. The summed E-state index contributed by atoms with van der Waals surface area (Å²) in [4.78, 5) is 15.0. The van der Waals surface area contributed by atoms with Crippen molar-refractivity contribution in [2.45, 2.75) is 45.3 Å². The van der Waals surface area contributed by atoms with E-state index in [0.29, 0.717) is 32.5 Å². The van der Waals surface area contributed by atoms with Crippen LogP contribution in [0.3, 0.4) is 0 Å². The van der Waals surface area contributed by atoms with Gasteiger partial charge in [-0.05, 0) is 49.6 Å². The first-order chi connectivity index (χ1) is 14.3. The van der Waals surface area contributed by atoms with Crippen molar-refractivity contribution in [3.8, 4) is 0 Å². The Balaban J connectivity index is 1.36. The highest BCUT2D eigenvalue weighted by Crippen LogP contribution is 2.22. The monoisotopic (exact) mass is 435 g/mol. The van der Waals surface area contributed by atoms with Gasteiger partial charge in [0.05, 0.1) is 5.75 Å². The summed E-state index contributed by atoms with van der Waals surface area (Å²) < 4.78 is 26.9. The predicted molar refractivity (Wildman–Crippen MR) is 120 cm³/mol. The molecule has 1 amide bonds. The number of carbonyl (C=O) groups excluding carboxylic acids is 1. The van der Waals surface area contributed by atoms with Gasteiger partial charge in [-0.15, -0.1) is 0 Å². The average Bonchev–Trinajstić information content (AvgIpc) is 2.71. The normalized spacial score (nSPS) is 24.6. The number of piperidine rings is 2. The van der Waals surface area contributed by atoms with E-state index >= 15 is 0 Å². The molecule has 168 valence electrons. The summed E-state index contributed by atoms with van der Waals surface area (Å²) in [7, 11) is -3.33. The Morgan fingerprint density at radius 2 is 1.70 bits per heavy atom. The lowest BCUT2D eigenvalue weighted by Crippen LogP contribution is -2.44. The van der Waals surface area contributed by atoms with Gasteiger partial charge in [0.2, 0.25) is 15.9 Å². The van der Waals surface area contributed by atoms with E-state index in [1.54, 1.807) is 4.31 Å². The van der Waals surface area contributed by atoms with Crippen LogP contribution in [0.1, 0.15) is 45.1 Å². The Morgan fingerprint density at radius 3 is 2.33 bits per heavy atom. The average molecular weight is 436 g/mol. The quantitative estimate of drug-likeness (QED) is 0.638. The zero-order valence-electron chi connectivity index (χ0n) is 18.4. The van der Waals surface area contributed by atoms with Gasteiger partial charge in [-0.25, -0.2) is 12.7 Å². The maximum absolute atomic E-state index is 12.7. The van der Waals surface area contributed by atoms with Crippen molar-refractivity contribution in [2.75, 3.05) is 39.3 Å². The molecule has 2 fully saturated rings. The van der Waals surface area contributed by atoms with E-state index in [0.717, 1.165) is 43.5 Å². The molecule has 0 radical (unpaired) electrons. The van der Waals surface area contributed by atoms with Gasteiger partial charge < -0.3 is 10.2 Å². The summed E-state index contributed by atoms with van der Waals surface area (Å²) >= 11 is 0. The van der Waals surface area contributed by atoms with Crippen molar-refractivity contribution in [2.24, 2.45) is 17.8 Å². The van der Waals surface area contributed by atoms with Crippen LogP contribution in [0.5, 0.6) is 0 Å². The summed E-state index contributed by atoms with van der Waals surface area (Å²) in [6.45, 7) is 9.54. The van der Waals surface area contributed by atoms with Crippen LogP contribution < -0.4 is 5.32 Å². The molecule has 30 heavy (non-hydrogen) atoms. The Morgan fingerprint density at radius 1 is 1.07 bits per heavy atom. The van der Waals surface area contributed by atoms with Crippen LogP contribution in [0.2, 0.25) is 0 Å². The minimum atomic E-state index is -3.33. The number of hydrogen-bond donors (Lipinski definition) is 1. The maximum Gasteiger partial charge on any atom is 0.223 e. The summed E-state index contributed by atoms with van der Waals surface area (Å²) in [5, 5.41) is 3.07. The van der Waals surface area contributed by atoms with Gasteiger partial charge in [0.1, 0.15) is 0 Å². The van der Waals surface area contributed by atoms with Crippen molar-refractivity contribution in [3.05, 3.63) is 35.9 Å². The molecule has 3 rings (SSSR count). The molecule has 0 unspecified atom stereocenters. The standard InChI is InChI=1S/C23H37N3O3S/c1-19-15-20(2)17-25(16-19)12-6-11-24-23(27)22-9-13-26(14-10-22)30(28,29)18-21-7-4-3-5-8-21/h3-5,7-8,19-20,22H,6,9-18H2,1-2H3,(H,24,27)/t19-,20+. The molecule has 1 N–H and O–H groups in total. The van der Waals surface area contributed by atoms with Crippen LogP contribution in [0.4, 0.5) is 0 Å². The first-order valence-corrected chi connectivity index (χ1v) is 13.0. The number of carbonyl (C=O) groups is 1. The van der Waals surface area contributed by atoms with Crippen molar-refractivity contribution >= 4 is 15.9 Å². The smallest absolute Gasteiger partial charge is 0.223 e. The summed E-state index contributed by atoms with van der Waals surface area (Å²) in [6, 6.07) is 9.27. The summed E-state index contributed by atoms with van der Waals surface area (Å²) in [5.74, 6) is 1.54. The number of nitrogens with zero attached hydrogens (tertiary/aromatic N) is 2. The number of amides is 1. The van der Waals surface area contributed by atoms with Gasteiger partial charge in [0, 0.05) is 38.6 Å². The molecular weight excluding hydrogens is 398 g/mol. The second kappa shape index (κ2) is 10.7. The number of sulfonamides is 1. The molecule has 7 heteroatoms. The molecule has 2 saturated heterocycles. The van der Waals surface area contributed by atoms with Crippen molar-refractivity contribution in [1.82, 2.24) is 14.5 Å². The van der Waals surface area contributed by atoms with E-state index in [1.165, 1.54) is 6.42 Å². The minimum absolute atomic E-state index is 0.0262. The fourth-order valence-electron chi connectivity index (χ4n) is 4.91. The SMILES string of the molecule is C[C@@H]1C[C@H](C)CN(CCCNC(=O)C2CCN(S(=O)(=O)Cc3ccccc3)CC2)C1. The van der Waals surface area contributed by atoms with E-state index in [-0.39, 0.29) is 17.6 Å². The molecule has 2 heterocycles. The lowest BCUT2D eigenvalue weighted by molar-refractivity contribution is -0.126. The summed E-state index contributed by atoms with van der Waals surface area (Å²) in [6.07, 6.45) is 3.48. The zero-order valence-corrected chi connectivity index (χ0v) is 19.2. The summed E-state index contributed by atoms with van der Waals surface area (Å²) in [5.41, 5.74) is 0.801. The van der Waals surface area contributed by atoms with Crippen molar-refractivity contribution < 1.29 is 13.2 Å². The number of likely N-dealkylation sites (tertiary alicyclic amines) is 1. The molecule has 2 aliphatic heterocycles. The molecule has 0 bridgehead atoms. The highest BCUT2D eigenvalue weighted by molar-refractivity contribution is 7.88. The number of benzene rings is 1. The lowest BCUT2D eigenvalue weighted by atomic mass is 9.92. The molecular formula is C23H37N3O3S. The van der Waals surface area contributed by atoms with Gasteiger partial charge in [-0.3, -0.25) is 4.79 Å². The first-order valence-electron chi connectivity index (χ1n) is 11.4. The number of hydrogen-bond acceptors (Lipinski definition) is 4. The van der Waals surface area contributed by atoms with Gasteiger partial charge in [0.15, 0.2) is 0 Å². The lowest BCUT2D eigenvalue weighted by Gasteiger charge is -2.35. The number of rotatable bonds is 8. The number of nitrogens with one attached hydrogen (secondary N) is 1. The largest absolute Gasteiger partial charge is 0.356 e. The molecule has 1 aromatic rings. The third kappa shape index (κ3) is 6.79. The topological polar surface area (TPSA) is 69.7 Å². The van der Waals surface area contributed by atoms with E-state index in [1.807, 2.05) is 30.3 Å². The predicted octanol–water partition coefficient (Wildman–Crippen LogP) is 2.71. The third-order valence-electron chi connectivity index (χ3n) is 6.30. The maximum atomic E-state index is 12.7. The van der Waals surface area contributed by atoms with Gasteiger partial charge >= 0.3 is 0 Å². The molecule has 0 aliphatic carbocycles. The molecule has 0 aromatic heterocycles. The molecule has 0 spiro atoms. The fraction of sp³-hybridized carbons (Fsp3) is 0.696. The van der Waals surface area contributed by atoms with E-state index < -0.39 is 10.0 Å². The zero-order chi connectivity index (χ0) is 21.6. The van der Waals surface area contributed by atoms with Crippen LogP contribution in [-0.2, 0) is 20.6 Å². The second-order valence-electron chi connectivity index (χ2n) is 9.27. The first kappa shape index (κ1) is 23.2. The van der Waals surface area contributed by atoms with Gasteiger partial charge in [0.25, 0.3) is 0 Å². The van der Waals surface area contributed by atoms with Crippen LogP contribution in [0, 0.1) is 17.8 Å². The van der Waals surface area contributed by atoms with Gasteiger partial charge in [-0.2, -0.15) is 0 Å². The highest BCUT2D eigenvalue weighted by Gasteiger charge is 2.31. The van der Waals surface area contributed by atoms with Gasteiger partial charge in [-0.1, -0.05) is 44.2 Å². The van der Waals surface area contributed by atoms with E-state index in [4.69, 9.17) is 0 Å².